The van der Waals surface area contributed by atoms with E-state index < -0.39 is 29.9 Å². The number of nitrogens with zero attached hydrogens (tertiary/aromatic N) is 1. The fourth-order valence-corrected chi connectivity index (χ4v) is 4.45. The summed E-state index contributed by atoms with van der Waals surface area (Å²) < 4.78 is 15.9. The highest BCUT2D eigenvalue weighted by Crippen LogP contribution is 2.41. The Morgan fingerprint density at radius 2 is 1.78 bits per heavy atom. The first-order valence-electron chi connectivity index (χ1n) is 10.3. The van der Waals surface area contributed by atoms with Gasteiger partial charge in [0.05, 0.1) is 21.3 Å². The molecule has 0 bridgehead atoms. The van der Waals surface area contributed by atoms with E-state index in [0.717, 1.165) is 28.9 Å². The normalized spacial score (nSPS) is 19.4. The van der Waals surface area contributed by atoms with Gasteiger partial charge in [-0.15, -0.1) is 0 Å². The first-order chi connectivity index (χ1) is 15.4. The molecule has 0 saturated carbocycles. The molecule has 1 aliphatic heterocycles. The number of carbonyl (C=O) groups is 3. The van der Waals surface area contributed by atoms with Crippen LogP contribution >= 0.6 is 0 Å². The minimum Gasteiger partial charge on any atom is -0.493 e. The molecule has 0 radical (unpaired) electrons. The van der Waals surface area contributed by atoms with E-state index in [1.807, 2.05) is 24.3 Å². The summed E-state index contributed by atoms with van der Waals surface area (Å²) in [6.07, 6.45) is 2.12. The summed E-state index contributed by atoms with van der Waals surface area (Å²) in [6, 6.07) is 10.2. The lowest BCUT2D eigenvalue weighted by molar-refractivity contribution is -0.134. The van der Waals surface area contributed by atoms with Gasteiger partial charge in [-0.1, -0.05) is 24.3 Å². The average molecular weight is 439 g/mol. The highest BCUT2D eigenvalue weighted by molar-refractivity contribution is 6.10. The standard InChI is InChI=1S/C23H25N3O6/c1-30-17-11-15(12-18(31-2)20(17)32-3)24-19(27)13-26-21(28)23(25-22(26)29)10-6-8-14-7-4-5-9-16(14)23/h4-5,7,9,11-12H,6,8,10,13H2,1-3H3,(H,24,27)(H,25,29)/t23-/m1/s1. The van der Waals surface area contributed by atoms with Crippen LogP contribution in [0.25, 0.3) is 0 Å². The number of ether oxygens (including phenoxy) is 3. The Kier molecular flexibility index (Phi) is 5.65. The number of rotatable bonds is 6. The first-order valence-corrected chi connectivity index (χ1v) is 10.3. The summed E-state index contributed by atoms with van der Waals surface area (Å²) in [6.45, 7) is -0.411. The molecule has 168 valence electrons. The molecule has 9 nitrogen and oxygen atoms in total. The second-order valence-corrected chi connectivity index (χ2v) is 7.70. The Balaban J connectivity index is 1.54. The quantitative estimate of drug-likeness (QED) is 0.670. The molecule has 0 unspecified atom stereocenters. The van der Waals surface area contributed by atoms with Gasteiger partial charge in [-0.05, 0) is 30.4 Å². The zero-order chi connectivity index (χ0) is 22.9. The predicted octanol–water partition coefficient (Wildman–Crippen LogP) is 2.43. The molecular formula is C23H25N3O6. The van der Waals surface area contributed by atoms with Crippen molar-refractivity contribution < 1.29 is 28.6 Å². The molecule has 1 fully saturated rings. The van der Waals surface area contributed by atoms with Crippen LogP contribution in [0.5, 0.6) is 17.2 Å². The van der Waals surface area contributed by atoms with E-state index in [9.17, 15) is 14.4 Å². The van der Waals surface area contributed by atoms with Crippen LogP contribution in [0.4, 0.5) is 10.5 Å². The van der Waals surface area contributed by atoms with Crippen LogP contribution in [-0.2, 0) is 21.5 Å². The van der Waals surface area contributed by atoms with Crippen LogP contribution in [0.3, 0.4) is 0 Å². The molecule has 1 saturated heterocycles. The molecule has 9 heteroatoms. The number of imide groups is 1. The van der Waals surface area contributed by atoms with Crippen LogP contribution in [0.15, 0.2) is 36.4 Å². The van der Waals surface area contributed by atoms with Crippen molar-refractivity contribution in [2.75, 3.05) is 33.2 Å². The number of nitrogens with one attached hydrogen (secondary N) is 2. The van der Waals surface area contributed by atoms with Crippen LogP contribution in [0.2, 0.25) is 0 Å². The fraction of sp³-hybridized carbons (Fsp3) is 0.348. The van der Waals surface area contributed by atoms with Crippen molar-refractivity contribution in [3.8, 4) is 17.2 Å². The first kappa shape index (κ1) is 21.5. The highest BCUT2D eigenvalue weighted by Gasteiger charge is 2.54. The number of urea groups is 1. The van der Waals surface area contributed by atoms with Gasteiger partial charge in [0.15, 0.2) is 11.5 Å². The molecule has 2 N–H and O–H groups in total. The monoisotopic (exact) mass is 439 g/mol. The van der Waals surface area contributed by atoms with Crippen LogP contribution in [-0.4, -0.2) is 50.6 Å². The van der Waals surface area contributed by atoms with E-state index in [1.165, 1.54) is 21.3 Å². The molecule has 4 amide bonds. The van der Waals surface area contributed by atoms with E-state index in [2.05, 4.69) is 10.6 Å². The topological polar surface area (TPSA) is 106 Å². The lowest BCUT2D eigenvalue weighted by Gasteiger charge is -2.33. The molecule has 32 heavy (non-hydrogen) atoms. The van der Waals surface area contributed by atoms with Gasteiger partial charge in [0.2, 0.25) is 11.7 Å². The molecule has 0 aromatic heterocycles. The molecule has 1 atom stereocenters. The number of aryl methyl sites for hydroxylation is 1. The number of benzene rings is 2. The summed E-state index contributed by atoms with van der Waals surface area (Å²) in [5.74, 6) is 0.198. The Bertz CT molecular complexity index is 1060. The molecule has 1 spiro atoms. The summed E-state index contributed by atoms with van der Waals surface area (Å²) >= 11 is 0. The zero-order valence-corrected chi connectivity index (χ0v) is 18.2. The number of amides is 4. The van der Waals surface area contributed by atoms with Gasteiger partial charge in [-0.25, -0.2) is 4.79 Å². The maximum absolute atomic E-state index is 13.3. The van der Waals surface area contributed by atoms with Crippen molar-refractivity contribution in [3.63, 3.8) is 0 Å². The number of hydrogen-bond donors (Lipinski definition) is 2. The van der Waals surface area contributed by atoms with Crippen molar-refractivity contribution in [2.45, 2.75) is 24.8 Å². The lowest BCUT2D eigenvalue weighted by Crippen LogP contribution is -2.47. The maximum Gasteiger partial charge on any atom is 0.325 e. The Labute approximate surface area is 185 Å². The second-order valence-electron chi connectivity index (χ2n) is 7.70. The number of carbonyl (C=O) groups excluding carboxylic acids is 3. The van der Waals surface area contributed by atoms with Gasteiger partial charge in [-0.2, -0.15) is 0 Å². The number of fused-ring (bicyclic) bond motifs is 2. The third kappa shape index (κ3) is 3.49. The summed E-state index contributed by atoms with van der Waals surface area (Å²) in [4.78, 5) is 39.7. The van der Waals surface area contributed by atoms with Gasteiger partial charge in [0.25, 0.3) is 5.91 Å². The SMILES string of the molecule is COc1cc(NC(=O)CN2C(=O)N[C@@]3(CCCc4ccccc43)C2=O)cc(OC)c1OC. The molecule has 1 heterocycles. The van der Waals surface area contributed by atoms with Crippen LogP contribution < -0.4 is 24.8 Å². The van der Waals surface area contributed by atoms with Gasteiger partial charge >= 0.3 is 6.03 Å². The minimum absolute atomic E-state index is 0.370. The summed E-state index contributed by atoms with van der Waals surface area (Å²) in [7, 11) is 4.42. The van der Waals surface area contributed by atoms with E-state index >= 15 is 0 Å². The summed E-state index contributed by atoms with van der Waals surface area (Å²) in [5.41, 5.74) is 1.11. The zero-order valence-electron chi connectivity index (χ0n) is 18.2. The lowest BCUT2D eigenvalue weighted by atomic mass is 9.76. The Morgan fingerprint density at radius 1 is 1.09 bits per heavy atom. The third-order valence-corrected chi connectivity index (χ3v) is 5.90. The molecule has 4 rings (SSSR count). The van der Waals surface area contributed by atoms with Crippen LogP contribution in [0.1, 0.15) is 24.0 Å². The van der Waals surface area contributed by atoms with Gasteiger partial charge in [0, 0.05) is 17.8 Å². The van der Waals surface area contributed by atoms with Crippen LogP contribution in [0, 0.1) is 0 Å². The molecule has 2 aromatic rings. The highest BCUT2D eigenvalue weighted by atomic mass is 16.5. The van der Waals surface area contributed by atoms with Crippen molar-refractivity contribution in [2.24, 2.45) is 0 Å². The molecule has 1 aliphatic carbocycles. The largest absolute Gasteiger partial charge is 0.493 e. The summed E-state index contributed by atoms with van der Waals surface area (Å²) in [5, 5.41) is 5.54. The van der Waals surface area contributed by atoms with Crippen molar-refractivity contribution in [1.29, 1.82) is 0 Å². The van der Waals surface area contributed by atoms with Crippen molar-refractivity contribution in [1.82, 2.24) is 10.2 Å². The number of methoxy groups -OCH3 is 3. The van der Waals surface area contributed by atoms with Crippen molar-refractivity contribution >= 4 is 23.5 Å². The molecular weight excluding hydrogens is 414 g/mol. The average Bonchev–Trinajstić information content (AvgIpc) is 3.03. The van der Waals surface area contributed by atoms with E-state index in [1.54, 1.807) is 12.1 Å². The number of hydrogen-bond acceptors (Lipinski definition) is 6. The smallest absolute Gasteiger partial charge is 0.325 e. The third-order valence-electron chi connectivity index (χ3n) is 5.90. The van der Waals surface area contributed by atoms with E-state index in [-0.39, 0.29) is 0 Å². The van der Waals surface area contributed by atoms with Gasteiger partial charge in [-0.3, -0.25) is 14.5 Å². The molecule has 2 aromatic carbocycles. The Hall–Kier alpha value is -3.75. The fourth-order valence-electron chi connectivity index (χ4n) is 4.45. The predicted molar refractivity (Wildman–Crippen MR) is 116 cm³/mol. The van der Waals surface area contributed by atoms with Gasteiger partial charge in [0.1, 0.15) is 12.1 Å². The van der Waals surface area contributed by atoms with Gasteiger partial charge < -0.3 is 24.8 Å². The Morgan fingerprint density at radius 3 is 2.44 bits per heavy atom. The van der Waals surface area contributed by atoms with E-state index in [0.29, 0.717) is 29.4 Å². The number of anilines is 1. The maximum atomic E-state index is 13.3. The second kappa shape index (κ2) is 8.41. The molecule has 2 aliphatic rings. The van der Waals surface area contributed by atoms with Crippen molar-refractivity contribution in [3.05, 3.63) is 47.5 Å². The minimum atomic E-state index is -1.11. The van der Waals surface area contributed by atoms with E-state index in [4.69, 9.17) is 14.2 Å².